The second-order valence-corrected chi connectivity index (χ2v) is 3.76. The van der Waals surface area contributed by atoms with Crippen LogP contribution in [0.5, 0.6) is 0 Å². The number of H-pyrrole nitrogens is 1. The van der Waals surface area contributed by atoms with Crippen molar-refractivity contribution >= 4 is 10.8 Å². The van der Waals surface area contributed by atoms with Crippen molar-refractivity contribution in [2.75, 3.05) is 7.05 Å². The minimum absolute atomic E-state index is 0.0935. The molecule has 0 amide bonds. The van der Waals surface area contributed by atoms with Crippen molar-refractivity contribution in [3.8, 4) is 0 Å². The first-order valence-corrected chi connectivity index (χ1v) is 5.09. The van der Waals surface area contributed by atoms with Crippen molar-refractivity contribution in [3.05, 3.63) is 39.8 Å². The van der Waals surface area contributed by atoms with Gasteiger partial charge >= 0.3 is 0 Å². The number of benzene rings is 1. The number of nitrogens with one attached hydrogen (secondary N) is 2. The summed E-state index contributed by atoms with van der Waals surface area (Å²) in [7, 11) is 1.71. The molecule has 0 aliphatic carbocycles. The largest absolute Gasteiger partial charge is 0.312 e. The predicted octanol–water partition coefficient (Wildman–Crippen LogP) is 1.48. The summed E-state index contributed by atoms with van der Waals surface area (Å²) in [6.45, 7) is 1.81. The Balaban J connectivity index is 2.84. The molecular formula is C11H11F2N3O. The van der Waals surface area contributed by atoms with Gasteiger partial charge in [-0.3, -0.25) is 4.79 Å². The fraction of sp³-hybridized carbons (Fsp3) is 0.273. The fourth-order valence-corrected chi connectivity index (χ4v) is 1.64. The van der Waals surface area contributed by atoms with Crippen LogP contribution in [0.4, 0.5) is 8.78 Å². The second-order valence-electron chi connectivity index (χ2n) is 3.76. The van der Waals surface area contributed by atoms with Gasteiger partial charge in [0, 0.05) is 11.4 Å². The van der Waals surface area contributed by atoms with E-state index in [0.29, 0.717) is 11.1 Å². The molecule has 6 heteroatoms. The smallest absolute Gasteiger partial charge is 0.272 e. The molecule has 0 aliphatic heterocycles. The van der Waals surface area contributed by atoms with E-state index in [4.69, 9.17) is 0 Å². The lowest BCUT2D eigenvalue weighted by Gasteiger charge is -2.11. The number of hydrogen-bond donors (Lipinski definition) is 2. The van der Waals surface area contributed by atoms with Crippen molar-refractivity contribution in [2.45, 2.75) is 13.0 Å². The molecular weight excluding hydrogens is 228 g/mol. The highest BCUT2D eigenvalue weighted by atomic mass is 19.2. The normalized spacial score (nSPS) is 12.9. The van der Waals surface area contributed by atoms with Crippen LogP contribution < -0.4 is 10.9 Å². The van der Waals surface area contributed by atoms with Gasteiger partial charge in [-0.1, -0.05) is 0 Å². The summed E-state index contributed by atoms with van der Waals surface area (Å²) in [4.78, 5) is 11.5. The highest BCUT2D eigenvalue weighted by molar-refractivity contribution is 5.84. The van der Waals surface area contributed by atoms with E-state index in [0.717, 1.165) is 12.1 Å². The molecule has 4 nitrogen and oxygen atoms in total. The van der Waals surface area contributed by atoms with Gasteiger partial charge in [0.25, 0.3) is 5.56 Å². The molecule has 0 unspecified atom stereocenters. The van der Waals surface area contributed by atoms with Crippen LogP contribution in [-0.2, 0) is 0 Å². The Labute approximate surface area is 95.7 Å². The minimum atomic E-state index is -1.04. The number of fused-ring (bicyclic) bond motifs is 1. The third-order valence-corrected chi connectivity index (χ3v) is 2.70. The van der Waals surface area contributed by atoms with Crippen LogP contribution in [0.3, 0.4) is 0 Å². The van der Waals surface area contributed by atoms with Crippen molar-refractivity contribution < 1.29 is 8.78 Å². The molecule has 0 spiro atoms. The molecule has 0 saturated heterocycles. The van der Waals surface area contributed by atoms with Gasteiger partial charge in [-0.2, -0.15) is 5.10 Å². The van der Waals surface area contributed by atoms with Gasteiger partial charge < -0.3 is 5.32 Å². The summed E-state index contributed by atoms with van der Waals surface area (Å²) >= 11 is 0. The van der Waals surface area contributed by atoms with Crippen molar-refractivity contribution in [2.24, 2.45) is 0 Å². The third-order valence-electron chi connectivity index (χ3n) is 2.70. The lowest BCUT2D eigenvalue weighted by molar-refractivity contribution is 0.510. The molecule has 0 saturated carbocycles. The van der Waals surface area contributed by atoms with E-state index in [1.807, 2.05) is 0 Å². The summed E-state index contributed by atoms with van der Waals surface area (Å²) in [5, 5.41) is 9.46. The zero-order chi connectivity index (χ0) is 12.6. The van der Waals surface area contributed by atoms with Crippen LogP contribution in [0, 0.1) is 11.6 Å². The number of halogens is 2. The Morgan fingerprint density at radius 1 is 1.29 bits per heavy atom. The van der Waals surface area contributed by atoms with E-state index in [2.05, 4.69) is 15.5 Å². The topological polar surface area (TPSA) is 57.8 Å². The molecule has 0 bridgehead atoms. The van der Waals surface area contributed by atoms with Crippen LogP contribution in [0.2, 0.25) is 0 Å². The van der Waals surface area contributed by atoms with E-state index >= 15 is 0 Å². The Hall–Kier alpha value is -1.82. The van der Waals surface area contributed by atoms with E-state index < -0.39 is 17.2 Å². The van der Waals surface area contributed by atoms with Crippen LogP contribution in [0.1, 0.15) is 18.7 Å². The zero-order valence-electron chi connectivity index (χ0n) is 9.34. The van der Waals surface area contributed by atoms with Gasteiger partial charge in [-0.25, -0.2) is 13.9 Å². The Morgan fingerprint density at radius 2 is 1.88 bits per heavy atom. The number of hydrogen-bond acceptors (Lipinski definition) is 3. The first-order chi connectivity index (χ1) is 8.04. The lowest BCUT2D eigenvalue weighted by Crippen LogP contribution is -2.19. The van der Waals surface area contributed by atoms with Gasteiger partial charge in [-0.15, -0.1) is 0 Å². The van der Waals surface area contributed by atoms with E-state index in [1.165, 1.54) is 0 Å². The maximum Gasteiger partial charge on any atom is 0.272 e. The zero-order valence-corrected chi connectivity index (χ0v) is 9.34. The summed E-state index contributed by atoms with van der Waals surface area (Å²) < 4.78 is 26.3. The minimum Gasteiger partial charge on any atom is -0.312 e. The first kappa shape index (κ1) is 11.7. The van der Waals surface area contributed by atoms with Crippen molar-refractivity contribution in [1.29, 1.82) is 0 Å². The van der Waals surface area contributed by atoms with Crippen LogP contribution in [-0.4, -0.2) is 17.2 Å². The van der Waals surface area contributed by atoms with Crippen LogP contribution in [0.25, 0.3) is 10.8 Å². The molecule has 2 aromatic rings. The summed E-state index contributed by atoms with van der Waals surface area (Å²) in [6.07, 6.45) is 0. The summed E-state index contributed by atoms with van der Waals surface area (Å²) in [5.41, 5.74) is -0.0630. The lowest BCUT2D eigenvalue weighted by atomic mass is 10.1. The van der Waals surface area contributed by atoms with Crippen molar-refractivity contribution in [1.82, 2.24) is 15.5 Å². The average molecular weight is 239 g/mol. The molecule has 0 fully saturated rings. The molecule has 1 atom stereocenters. The highest BCUT2D eigenvalue weighted by Crippen LogP contribution is 2.21. The van der Waals surface area contributed by atoms with Gasteiger partial charge in [0.05, 0.1) is 11.1 Å². The number of aromatic amines is 1. The number of rotatable bonds is 2. The van der Waals surface area contributed by atoms with Crippen LogP contribution >= 0.6 is 0 Å². The summed E-state index contributed by atoms with van der Waals surface area (Å²) in [5.74, 6) is -2.04. The maximum absolute atomic E-state index is 13.2. The SMILES string of the molecule is CN[C@H](C)c1n[nH]c(=O)c2cc(F)c(F)cc12. The molecule has 0 radical (unpaired) electrons. The molecule has 2 rings (SSSR count). The maximum atomic E-state index is 13.2. The standard InChI is InChI=1S/C11H11F2N3O/c1-5(14-2)10-6-3-8(12)9(13)4-7(6)11(17)16-15-10/h3-5,14H,1-2H3,(H,16,17)/t5-/m1/s1. The molecule has 0 aliphatic rings. The monoisotopic (exact) mass is 239 g/mol. The Morgan fingerprint density at radius 3 is 2.47 bits per heavy atom. The average Bonchev–Trinajstić information content (AvgIpc) is 2.31. The molecule has 90 valence electrons. The second kappa shape index (κ2) is 4.21. The summed E-state index contributed by atoms with van der Waals surface area (Å²) in [6, 6.07) is 1.70. The Bertz CT molecular complexity index is 624. The number of nitrogens with zero attached hydrogens (tertiary/aromatic N) is 1. The molecule has 1 aromatic heterocycles. The van der Waals surface area contributed by atoms with E-state index in [9.17, 15) is 13.6 Å². The molecule has 17 heavy (non-hydrogen) atoms. The number of aromatic nitrogens is 2. The Kier molecular flexibility index (Phi) is 2.89. The highest BCUT2D eigenvalue weighted by Gasteiger charge is 2.14. The third kappa shape index (κ3) is 1.91. The van der Waals surface area contributed by atoms with Crippen molar-refractivity contribution in [3.63, 3.8) is 0 Å². The first-order valence-electron chi connectivity index (χ1n) is 5.09. The molecule has 1 aromatic carbocycles. The predicted molar refractivity (Wildman–Crippen MR) is 59.8 cm³/mol. The van der Waals surface area contributed by atoms with Gasteiger partial charge in [0.15, 0.2) is 11.6 Å². The molecule has 1 heterocycles. The quantitative estimate of drug-likeness (QED) is 0.834. The van der Waals surface area contributed by atoms with Gasteiger partial charge in [-0.05, 0) is 26.1 Å². The van der Waals surface area contributed by atoms with E-state index in [1.54, 1.807) is 14.0 Å². The molecule has 2 N–H and O–H groups in total. The fourth-order valence-electron chi connectivity index (χ4n) is 1.64. The van der Waals surface area contributed by atoms with Gasteiger partial charge in [0.2, 0.25) is 0 Å². The van der Waals surface area contributed by atoms with E-state index in [-0.39, 0.29) is 11.4 Å². The van der Waals surface area contributed by atoms with Gasteiger partial charge in [0.1, 0.15) is 0 Å². The van der Waals surface area contributed by atoms with Crippen LogP contribution in [0.15, 0.2) is 16.9 Å².